The van der Waals surface area contributed by atoms with Crippen molar-refractivity contribution in [3.05, 3.63) is 42.0 Å². The molecule has 1 aromatic heterocycles. The molecular weight excluding hydrogens is 169 g/mol. The van der Waals surface area contributed by atoms with E-state index >= 15 is 0 Å². The standard InChI is InChI=1S/C10H10FNO/c1-7(2)3-10(13)8-4-9(11)6-12-5-8/h4-6H,1,3H2,2H3. The largest absolute Gasteiger partial charge is 0.294 e. The molecule has 0 saturated carbocycles. The molecule has 1 aromatic rings. The number of hydrogen-bond acceptors (Lipinski definition) is 2. The molecule has 3 heteroatoms. The van der Waals surface area contributed by atoms with Crippen molar-refractivity contribution in [3.8, 4) is 0 Å². The van der Waals surface area contributed by atoms with Crippen molar-refractivity contribution in [1.29, 1.82) is 0 Å². The topological polar surface area (TPSA) is 30.0 Å². The van der Waals surface area contributed by atoms with E-state index in [1.165, 1.54) is 12.3 Å². The van der Waals surface area contributed by atoms with Gasteiger partial charge in [0, 0.05) is 18.2 Å². The first-order valence-electron chi connectivity index (χ1n) is 3.87. The van der Waals surface area contributed by atoms with E-state index in [2.05, 4.69) is 11.6 Å². The third kappa shape index (κ3) is 2.78. The highest BCUT2D eigenvalue weighted by Crippen LogP contribution is 2.07. The van der Waals surface area contributed by atoms with Crippen molar-refractivity contribution in [3.63, 3.8) is 0 Å². The van der Waals surface area contributed by atoms with Crippen LogP contribution in [0.5, 0.6) is 0 Å². The van der Waals surface area contributed by atoms with E-state index in [-0.39, 0.29) is 12.2 Å². The highest BCUT2D eigenvalue weighted by atomic mass is 19.1. The van der Waals surface area contributed by atoms with Gasteiger partial charge in [-0.25, -0.2) is 4.39 Å². The van der Waals surface area contributed by atoms with Gasteiger partial charge in [0.15, 0.2) is 5.78 Å². The Morgan fingerprint density at radius 1 is 1.62 bits per heavy atom. The molecule has 0 N–H and O–H groups in total. The van der Waals surface area contributed by atoms with Crippen LogP contribution in [0.1, 0.15) is 23.7 Å². The molecule has 13 heavy (non-hydrogen) atoms. The number of allylic oxidation sites excluding steroid dienone is 1. The fraction of sp³-hybridized carbons (Fsp3) is 0.200. The van der Waals surface area contributed by atoms with E-state index in [1.54, 1.807) is 6.92 Å². The van der Waals surface area contributed by atoms with Gasteiger partial charge in [-0.3, -0.25) is 9.78 Å². The summed E-state index contributed by atoms with van der Waals surface area (Å²) >= 11 is 0. The lowest BCUT2D eigenvalue weighted by molar-refractivity contribution is 0.0992. The maximum absolute atomic E-state index is 12.6. The van der Waals surface area contributed by atoms with Crippen LogP contribution in [0.25, 0.3) is 0 Å². The maximum atomic E-state index is 12.6. The van der Waals surface area contributed by atoms with Crippen molar-refractivity contribution in [1.82, 2.24) is 4.98 Å². The van der Waals surface area contributed by atoms with Gasteiger partial charge in [0.1, 0.15) is 5.82 Å². The van der Waals surface area contributed by atoms with Gasteiger partial charge >= 0.3 is 0 Å². The molecule has 0 aromatic carbocycles. The fourth-order valence-electron chi connectivity index (χ4n) is 0.941. The minimum absolute atomic E-state index is 0.153. The minimum atomic E-state index is -0.493. The van der Waals surface area contributed by atoms with Gasteiger partial charge in [-0.2, -0.15) is 0 Å². The lowest BCUT2D eigenvalue weighted by atomic mass is 10.1. The Morgan fingerprint density at radius 2 is 2.31 bits per heavy atom. The third-order valence-electron chi connectivity index (χ3n) is 1.49. The summed E-state index contributed by atoms with van der Waals surface area (Å²) in [5.74, 6) is -0.646. The second-order valence-electron chi connectivity index (χ2n) is 2.95. The van der Waals surface area contributed by atoms with Gasteiger partial charge in [-0.15, -0.1) is 0 Å². The van der Waals surface area contributed by atoms with E-state index < -0.39 is 5.82 Å². The summed E-state index contributed by atoms with van der Waals surface area (Å²) in [7, 11) is 0. The number of rotatable bonds is 3. The van der Waals surface area contributed by atoms with Gasteiger partial charge < -0.3 is 0 Å². The molecule has 0 fully saturated rings. The number of ketones is 1. The van der Waals surface area contributed by atoms with Gasteiger partial charge in [0.25, 0.3) is 0 Å². The Morgan fingerprint density at radius 3 is 2.85 bits per heavy atom. The lowest BCUT2D eigenvalue weighted by Gasteiger charge is -1.99. The van der Waals surface area contributed by atoms with Crippen LogP contribution in [0.3, 0.4) is 0 Å². The van der Waals surface area contributed by atoms with Gasteiger partial charge in [-0.05, 0) is 13.0 Å². The summed E-state index contributed by atoms with van der Waals surface area (Å²) in [6.45, 7) is 5.36. The molecular formula is C10H10FNO. The van der Waals surface area contributed by atoms with E-state index in [1.807, 2.05) is 0 Å². The number of hydrogen-bond donors (Lipinski definition) is 0. The predicted octanol–water partition coefficient (Wildman–Crippen LogP) is 2.37. The van der Waals surface area contributed by atoms with Crippen LogP contribution in [-0.2, 0) is 0 Å². The summed E-state index contributed by atoms with van der Waals surface area (Å²) in [6, 6.07) is 1.18. The molecule has 1 heterocycles. The average molecular weight is 179 g/mol. The molecule has 0 aliphatic rings. The van der Waals surface area contributed by atoms with Crippen molar-refractivity contribution in [2.45, 2.75) is 13.3 Å². The van der Waals surface area contributed by atoms with E-state index in [4.69, 9.17) is 0 Å². The quantitative estimate of drug-likeness (QED) is 0.526. The Bertz CT molecular complexity index is 347. The smallest absolute Gasteiger partial charge is 0.168 e. The number of aromatic nitrogens is 1. The van der Waals surface area contributed by atoms with E-state index in [9.17, 15) is 9.18 Å². The van der Waals surface area contributed by atoms with Crippen LogP contribution >= 0.6 is 0 Å². The second-order valence-corrected chi connectivity index (χ2v) is 2.95. The zero-order valence-corrected chi connectivity index (χ0v) is 7.38. The molecule has 0 radical (unpaired) electrons. The molecule has 0 atom stereocenters. The van der Waals surface area contributed by atoms with Gasteiger partial charge in [0.2, 0.25) is 0 Å². The summed E-state index contributed by atoms with van der Waals surface area (Å²) in [5.41, 5.74) is 1.05. The first-order chi connectivity index (χ1) is 6.09. The molecule has 0 bridgehead atoms. The fourth-order valence-corrected chi connectivity index (χ4v) is 0.941. The van der Waals surface area contributed by atoms with Crippen LogP contribution in [0, 0.1) is 5.82 Å². The number of nitrogens with zero attached hydrogens (tertiary/aromatic N) is 1. The molecule has 0 aliphatic heterocycles. The average Bonchev–Trinajstić information content (AvgIpc) is 2.03. The number of carbonyl (C=O) groups excluding carboxylic acids is 1. The highest BCUT2D eigenvalue weighted by molar-refractivity contribution is 5.97. The molecule has 0 amide bonds. The van der Waals surface area contributed by atoms with Crippen molar-refractivity contribution < 1.29 is 9.18 Å². The van der Waals surface area contributed by atoms with Crippen molar-refractivity contribution in [2.75, 3.05) is 0 Å². The molecule has 1 rings (SSSR count). The Balaban J connectivity index is 2.83. The molecule has 0 aliphatic carbocycles. The van der Waals surface area contributed by atoms with Gasteiger partial charge in [-0.1, -0.05) is 12.2 Å². The molecule has 2 nitrogen and oxygen atoms in total. The number of pyridine rings is 1. The Kier molecular flexibility index (Phi) is 2.90. The highest BCUT2D eigenvalue weighted by Gasteiger charge is 2.06. The summed E-state index contributed by atoms with van der Waals surface area (Å²) in [6.07, 6.45) is 2.66. The zero-order valence-electron chi connectivity index (χ0n) is 7.38. The predicted molar refractivity (Wildman–Crippen MR) is 48.0 cm³/mol. The molecule has 0 saturated heterocycles. The molecule has 0 spiro atoms. The SMILES string of the molecule is C=C(C)CC(=O)c1cncc(F)c1. The minimum Gasteiger partial charge on any atom is -0.294 e. The summed E-state index contributed by atoms with van der Waals surface area (Å²) in [4.78, 5) is 14.9. The maximum Gasteiger partial charge on any atom is 0.168 e. The monoisotopic (exact) mass is 179 g/mol. The second kappa shape index (κ2) is 3.94. The summed E-state index contributed by atoms with van der Waals surface area (Å²) in [5, 5.41) is 0. The number of carbonyl (C=O) groups is 1. The van der Waals surface area contributed by atoms with Crippen LogP contribution < -0.4 is 0 Å². The normalized spacial score (nSPS) is 9.69. The third-order valence-corrected chi connectivity index (χ3v) is 1.49. The first kappa shape index (κ1) is 9.58. The lowest BCUT2D eigenvalue weighted by Crippen LogP contribution is -2.00. The van der Waals surface area contributed by atoms with Crippen LogP contribution in [-0.4, -0.2) is 10.8 Å². The number of Topliss-reactive ketones (excluding diaryl/α,β-unsaturated/α-hetero) is 1. The molecule has 68 valence electrons. The van der Waals surface area contributed by atoms with E-state index in [0.29, 0.717) is 5.56 Å². The number of halogens is 1. The van der Waals surface area contributed by atoms with E-state index in [0.717, 1.165) is 11.8 Å². The van der Waals surface area contributed by atoms with Crippen LogP contribution in [0.4, 0.5) is 4.39 Å². The van der Waals surface area contributed by atoms with Crippen LogP contribution in [0.15, 0.2) is 30.6 Å². The Labute approximate surface area is 76.1 Å². The first-order valence-corrected chi connectivity index (χ1v) is 3.87. The Hall–Kier alpha value is -1.51. The molecule has 0 unspecified atom stereocenters. The van der Waals surface area contributed by atoms with Crippen molar-refractivity contribution in [2.24, 2.45) is 0 Å². The summed E-state index contributed by atoms with van der Waals surface area (Å²) < 4.78 is 12.6. The zero-order chi connectivity index (χ0) is 9.84. The van der Waals surface area contributed by atoms with Gasteiger partial charge in [0.05, 0.1) is 6.20 Å². The van der Waals surface area contributed by atoms with Crippen molar-refractivity contribution >= 4 is 5.78 Å². The van der Waals surface area contributed by atoms with Crippen LogP contribution in [0.2, 0.25) is 0 Å².